The predicted molar refractivity (Wildman–Crippen MR) is 98.2 cm³/mol. The molecule has 0 spiro atoms. The molecule has 6 heteroatoms. The Hall–Kier alpha value is -2.60. The van der Waals surface area contributed by atoms with Gasteiger partial charge >= 0.3 is 0 Å². The zero-order valence-corrected chi connectivity index (χ0v) is 14.7. The van der Waals surface area contributed by atoms with E-state index in [2.05, 4.69) is 0 Å². The molecule has 1 fully saturated rings. The number of nitrogens with zero attached hydrogens (tertiary/aromatic N) is 1. The summed E-state index contributed by atoms with van der Waals surface area (Å²) >= 11 is 0.930. The van der Waals surface area contributed by atoms with Crippen molar-refractivity contribution in [2.24, 2.45) is 0 Å². The highest BCUT2D eigenvalue weighted by molar-refractivity contribution is 8.18. The van der Waals surface area contributed by atoms with Gasteiger partial charge in [0.25, 0.3) is 11.1 Å². The highest BCUT2D eigenvalue weighted by atomic mass is 32.2. The van der Waals surface area contributed by atoms with Crippen molar-refractivity contribution in [2.75, 3.05) is 6.61 Å². The van der Waals surface area contributed by atoms with Crippen LogP contribution in [0.2, 0.25) is 0 Å². The summed E-state index contributed by atoms with van der Waals surface area (Å²) in [7, 11) is 0. The third kappa shape index (κ3) is 3.37. The molecule has 26 heavy (non-hydrogen) atoms. The van der Waals surface area contributed by atoms with E-state index in [1.165, 1.54) is 17.0 Å². The van der Waals surface area contributed by atoms with Crippen molar-refractivity contribution >= 4 is 29.0 Å². The van der Waals surface area contributed by atoms with Crippen LogP contribution < -0.4 is 4.74 Å². The van der Waals surface area contributed by atoms with Gasteiger partial charge in [-0.1, -0.05) is 18.2 Å². The summed E-state index contributed by atoms with van der Waals surface area (Å²) < 4.78 is 18.6. The summed E-state index contributed by atoms with van der Waals surface area (Å²) in [5.41, 5.74) is 2.71. The molecule has 0 N–H and O–H groups in total. The Labute approximate surface area is 154 Å². The average Bonchev–Trinajstić information content (AvgIpc) is 2.91. The summed E-state index contributed by atoms with van der Waals surface area (Å²) in [5, 5.41) is -0.313. The molecule has 0 bridgehead atoms. The molecule has 2 aromatic carbocycles. The summed E-state index contributed by atoms with van der Waals surface area (Å²) in [6.45, 7) is 0.870. The van der Waals surface area contributed by atoms with E-state index in [-0.39, 0.29) is 23.5 Å². The molecule has 132 valence electrons. The van der Waals surface area contributed by atoms with E-state index >= 15 is 0 Å². The molecular formula is C20H16FNO3S. The van der Waals surface area contributed by atoms with Crippen LogP contribution >= 0.6 is 11.8 Å². The van der Waals surface area contributed by atoms with Crippen LogP contribution in [0.3, 0.4) is 0 Å². The summed E-state index contributed by atoms with van der Waals surface area (Å²) in [6.07, 6.45) is 3.66. The Morgan fingerprint density at radius 3 is 2.77 bits per heavy atom. The van der Waals surface area contributed by atoms with Gasteiger partial charge in [-0.3, -0.25) is 14.5 Å². The van der Waals surface area contributed by atoms with Crippen molar-refractivity contribution in [1.29, 1.82) is 0 Å². The Balaban J connectivity index is 1.54. The van der Waals surface area contributed by atoms with Gasteiger partial charge in [0.05, 0.1) is 18.1 Å². The maximum Gasteiger partial charge on any atom is 0.293 e. The normalized spacial score (nSPS) is 18.2. The second-order valence-electron chi connectivity index (χ2n) is 6.21. The lowest BCUT2D eigenvalue weighted by Gasteiger charge is -2.17. The van der Waals surface area contributed by atoms with Crippen LogP contribution in [0.15, 0.2) is 47.4 Å². The van der Waals surface area contributed by atoms with Crippen LogP contribution in [0.1, 0.15) is 23.1 Å². The van der Waals surface area contributed by atoms with E-state index in [1.54, 1.807) is 18.2 Å². The highest BCUT2D eigenvalue weighted by Crippen LogP contribution is 2.34. The molecule has 2 aromatic rings. The number of hydrogen-bond acceptors (Lipinski definition) is 4. The fraction of sp³-hybridized carbons (Fsp3) is 0.200. The van der Waals surface area contributed by atoms with Crippen LogP contribution in [0, 0.1) is 5.82 Å². The number of aryl methyl sites for hydroxylation is 1. The number of thioether (sulfide) groups is 1. The van der Waals surface area contributed by atoms with Gasteiger partial charge in [0.1, 0.15) is 11.6 Å². The van der Waals surface area contributed by atoms with Crippen LogP contribution in [0.5, 0.6) is 5.75 Å². The van der Waals surface area contributed by atoms with E-state index in [0.29, 0.717) is 10.5 Å². The quantitative estimate of drug-likeness (QED) is 0.753. The number of rotatable bonds is 3. The molecule has 2 aliphatic rings. The number of benzene rings is 2. The number of ether oxygens (including phenoxy) is 1. The number of carbonyl (C=O) groups is 2. The van der Waals surface area contributed by atoms with Gasteiger partial charge in [0.2, 0.25) is 0 Å². The Kier molecular flexibility index (Phi) is 4.51. The number of halogens is 1. The van der Waals surface area contributed by atoms with Crippen LogP contribution in [-0.2, 0) is 17.8 Å². The van der Waals surface area contributed by atoms with E-state index in [1.807, 2.05) is 18.2 Å². The Morgan fingerprint density at radius 2 is 1.96 bits per heavy atom. The minimum Gasteiger partial charge on any atom is -0.493 e. The molecule has 0 saturated carbocycles. The molecule has 4 nitrogen and oxygen atoms in total. The zero-order chi connectivity index (χ0) is 18.1. The number of amides is 2. The lowest BCUT2D eigenvalue weighted by molar-refractivity contribution is -0.123. The van der Waals surface area contributed by atoms with Crippen molar-refractivity contribution in [3.63, 3.8) is 0 Å². The standard InChI is InChI=1S/C20H16FNO3S/c21-16-6-3-13(4-7-16)12-22-19(23)18(26-20(22)24)11-14-5-8-17-15(10-14)2-1-9-25-17/h3-8,10-11H,1-2,9,12H2/b18-11+. The first kappa shape index (κ1) is 16.8. The largest absolute Gasteiger partial charge is 0.493 e. The van der Waals surface area contributed by atoms with Gasteiger partial charge < -0.3 is 4.74 Å². The van der Waals surface area contributed by atoms with E-state index < -0.39 is 0 Å². The molecule has 2 aliphatic heterocycles. The van der Waals surface area contributed by atoms with Gasteiger partial charge in [-0.2, -0.15) is 0 Å². The summed E-state index contributed by atoms with van der Waals surface area (Å²) in [6, 6.07) is 11.6. The SMILES string of the molecule is O=C1S/C(=C/c2ccc3c(c2)CCCO3)C(=O)N1Cc1ccc(F)cc1. The van der Waals surface area contributed by atoms with Gasteiger partial charge in [-0.25, -0.2) is 4.39 Å². The average molecular weight is 369 g/mol. The van der Waals surface area contributed by atoms with E-state index in [9.17, 15) is 14.0 Å². The predicted octanol–water partition coefficient (Wildman–Crippen LogP) is 4.39. The number of imide groups is 1. The van der Waals surface area contributed by atoms with Crippen molar-refractivity contribution in [3.05, 3.63) is 69.9 Å². The summed E-state index contributed by atoms with van der Waals surface area (Å²) in [5.74, 6) is 0.218. The molecule has 0 unspecified atom stereocenters. The van der Waals surface area contributed by atoms with E-state index in [0.717, 1.165) is 48.1 Å². The monoisotopic (exact) mass is 369 g/mol. The Morgan fingerprint density at radius 1 is 1.15 bits per heavy atom. The fourth-order valence-electron chi connectivity index (χ4n) is 3.03. The minimum absolute atomic E-state index is 0.139. The number of fused-ring (bicyclic) bond motifs is 1. The lowest BCUT2D eigenvalue weighted by Crippen LogP contribution is -2.27. The Bertz CT molecular complexity index is 908. The van der Waals surface area contributed by atoms with Gasteiger partial charge in [0.15, 0.2) is 0 Å². The van der Waals surface area contributed by atoms with Gasteiger partial charge in [-0.15, -0.1) is 0 Å². The molecule has 2 amide bonds. The van der Waals surface area contributed by atoms with Gasteiger partial charge in [-0.05, 0) is 71.6 Å². The lowest BCUT2D eigenvalue weighted by atomic mass is 10.0. The van der Waals surface area contributed by atoms with Gasteiger partial charge in [0, 0.05) is 0 Å². The van der Waals surface area contributed by atoms with Crippen LogP contribution in [0.25, 0.3) is 6.08 Å². The first-order valence-corrected chi connectivity index (χ1v) is 9.17. The first-order valence-electron chi connectivity index (χ1n) is 8.36. The third-order valence-electron chi connectivity index (χ3n) is 4.36. The molecule has 1 saturated heterocycles. The molecular weight excluding hydrogens is 353 g/mol. The minimum atomic E-state index is -0.348. The molecule has 4 rings (SSSR count). The number of carbonyl (C=O) groups excluding carboxylic acids is 2. The third-order valence-corrected chi connectivity index (χ3v) is 5.27. The molecule has 0 aliphatic carbocycles. The van der Waals surface area contributed by atoms with E-state index in [4.69, 9.17) is 4.74 Å². The fourth-order valence-corrected chi connectivity index (χ4v) is 3.87. The molecule has 0 radical (unpaired) electrons. The molecule has 2 heterocycles. The first-order chi connectivity index (χ1) is 12.6. The number of hydrogen-bond donors (Lipinski definition) is 0. The van der Waals surface area contributed by atoms with Crippen molar-refractivity contribution in [3.8, 4) is 5.75 Å². The van der Waals surface area contributed by atoms with Crippen molar-refractivity contribution in [1.82, 2.24) is 4.90 Å². The van der Waals surface area contributed by atoms with Crippen LogP contribution in [0.4, 0.5) is 9.18 Å². The molecule has 0 aromatic heterocycles. The topological polar surface area (TPSA) is 46.6 Å². The zero-order valence-electron chi connectivity index (χ0n) is 13.9. The highest BCUT2D eigenvalue weighted by Gasteiger charge is 2.35. The second-order valence-corrected chi connectivity index (χ2v) is 7.21. The van der Waals surface area contributed by atoms with Crippen molar-refractivity contribution in [2.45, 2.75) is 19.4 Å². The second kappa shape index (κ2) is 6.96. The van der Waals surface area contributed by atoms with Crippen LogP contribution in [-0.4, -0.2) is 22.7 Å². The summed E-state index contributed by atoms with van der Waals surface area (Å²) in [4.78, 5) is 26.4. The maximum absolute atomic E-state index is 13.0. The smallest absolute Gasteiger partial charge is 0.293 e. The van der Waals surface area contributed by atoms with Crippen molar-refractivity contribution < 1.29 is 18.7 Å². The maximum atomic E-state index is 13.0. The molecule has 0 atom stereocenters.